The lowest BCUT2D eigenvalue weighted by atomic mass is 9.88. The number of fused-ring (bicyclic) bond motifs is 2. The van der Waals surface area contributed by atoms with Crippen LogP contribution in [0.3, 0.4) is 0 Å². The van der Waals surface area contributed by atoms with Gasteiger partial charge < -0.3 is 15.6 Å². The van der Waals surface area contributed by atoms with E-state index >= 15 is 0 Å². The van der Waals surface area contributed by atoms with E-state index in [9.17, 15) is 19.1 Å². The molecule has 2 aliphatic rings. The number of likely N-dealkylation sites (tertiary alicyclic amines) is 1. The van der Waals surface area contributed by atoms with Gasteiger partial charge in [0.2, 0.25) is 5.75 Å². The van der Waals surface area contributed by atoms with Crippen LogP contribution in [0.5, 0.6) is 5.75 Å². The average molecular weight is 388 g/mol. The molecule has 8 nitrogen and oxygen atoms in total. The zero-order chi connectivity index (χ0) is 19.9. The van der Waals surface area contributed by atoms with Crippen molar-refractivity contribution in [3.63, 3.8) is 0 Å². The largest absolute Gasteiger partial charge is 0.501 e. The summed E-state index contributed by atoms with van der Waals surface area (Å²) in [4.78, 5) is 30.5. The molecule has 0 bridgehead atoms. The highest BCUT2D eigenvalue weighted by molar-refractivity contribution is 5.93. The van der Waals surface area contributed by atoms with Crippen molar-refractivity contribution in [1.82, 2.24) is 14.5 Å². The molecule has 28 heavy (non-hydrogen) atoms. The Balaban J connectivity index is 1.59. The van der Waals surface area contributed by atoms with Crippen molar-refractivity contribution in [1.29, 1.82) is 0 Å². The summed E-state index contributed by atoms with van der Waals surface area (Å²) in [6.45, 7) is 2.62. The van der Waals surface area contributed by atoms with E-state index in [-0.39, 0.29) is 12.4 Å². The molecule has 1 aromatic heterocycles. The van der Waals surface area contributed by atoms with Gasteiger partial charge in [0.15, 0.2) is 5.69 Å². The minimum absolute atomic E-state index is 0.259. The maximum absolute atomic E-state index is 13.1. The van der Waals surface area contributed by atoms with Crippen molar-refractivity contribution >= 4 is 5.91 Å². The number of carbonyl (C=O) groups excluding carboxylic acids is 1. The van der Waals surface area contributed by atoms with Gasteiger partial charge in [-0.2, -0.15) is 0 Å². The Morgan fingerprint density at radius 1 is 1.25 bits per heavy atom. The quantitative estimate of drug-likeness (QED) is 0.801. The van der Waals surface area contributed by atoms with Crippen LogP contribution in [0.25, 0.3) is 0 Å². The molecule has 1 fully saturated rings. The van der Waals surface area contributed by atoms with Crippen molar-refractivity contribution in [3.05, 3.63) is 57.5 Å². The van der Waals surface area contributed by atoms with Gasteiger partial charge in [-0.3, -0.25) is 19.1 Å². The zero-order valence-electron chi connectivity index (χ0n) is 15.2. The standard InChI is InChI=1S/C19H21FN4O4/c20-13-3-1-12(2-4-13)11-23-7-5-19(6-8-23)18-22-14(16(21)26)15(25)17(27)24(18)9-10-28-19/h1-4,25H,5-11H2,(H2,21,26). The Hall–Kier alpha value is -2.78. The van der Waals surface area contributed by atoms with Gasteiger partial charge in [-0.25, -0.2) is 9.37 Å². The van der Waals surface area contributed by atoms with E-state index in [1.807, 2.05) is 0 Å². The van der Waals surface area contributed by atoms with Crippen LogP contribution in [-0.2, 0) is 23.4 Å². The van der Waals surface area contributed by atoms with Gasteiger partial charge in [0.25, 0.3) is 11.5 Å². The van der Waals surface area contributed by atoms with Crippen molar-refractivity contribution in [2.75, 3.05) is 19.7 Å². The first-order chi connectivity index (χ1) is 13.4. The van der Waals surface area contributed by atoms with Crippen LogP contribution in [0.2, 0.25) is 0 Å². The first-order valence-electron chi connectivity index (χ1n) is 9.14. The Morgan fingerprint density at radius 3 is 2.57 bits per heavy atom. The van der Waals surface area contributed by atoms with Gasteiger partial charge in [0.1, 0.15) is 17.2 Å². The number of piperidine rings is 1. The molecule has 3 N–H and O–H groups in total. The van der Waals surface area contributed by atoms with Crippen LogP contribution in [0.15, 0.2) is 29.1 Å². The van der Waals surface area contributed by atoms with E-state index in [1.54, 1.807) is 12.1 Å². The van der Waals surface area contributed by atoms with E-state index in [0.29, 0.717) is 44.9 Å². The van der Waals surface area contributed by atoms with Crippen LogP contribution in [0.4, 0.5) is 4.39 Å². The predicted molar refractivity (Wildman–Crippen MR) is 97.2 cm³/mol. The second-order valence-electron chi connectivity index (χ2n) is 7.20. The first kappa shape index (κ1) is 18.6. The highest BCUT2D eigenvalue weighted by atomic mass is 19.1. The van der Waals surface area contributed by atoms with Gasteiger partial charge in [-0.15, -0.1) is 0 Å². The van der Waals surface area contributed by atoms with Crippen molar-refractivity contribution in [3.8, 4) is 5.75 Å². The number of amides is 1. The van der Waals surface area contributed by atoms with Gasteiger partial charge in [-0.1, -0.05) is 12.1 Å². The third-order valence-corrected chi connectivity index (χ3v) is 5.46. The third-order valence-electron chi connectivity index (χ3n) is 5.46. The lowest BCUT2D eigenvalue weighted by Gasteiger charge is -2.44. The number of primary amides is 1. The summed E-state index contributed by atoms with van der Waals surface area (Å²) in [5, 5.41) is 9.96. The fraction of sp³-hybridized carbons (Fsp3) is 0.421. The number of nitrogens with zero attached hydrogens (tertiary/aromatic N) is 3. The van der Waals surface area contributed by atoms with E-state index in [4.69, 9.17) is 10.5 Å². The average Bonchev–Trinajstić information content (AvgIpc) is 2.68. The Kier molecular flexibility index (Phi) is 4.64. The number of hydrogen-bond acceptors (Lipinski definition) is 6. The predicted octanol–water partition coefficient (Wildman–Crippen LogP) is 0.708. The molecule has 2 aromatic rings. The van der Waals surface area contributed by atoms with Gasteiger partial charge in [0, 0.05) is 19.6 Å². The zero-order valence-corrected chi connectivity index (χ0v) is 15.2. The van der Waals surface area contributed by atoms with Crippen LogP contribution in [-0.4, -0.2) is 45.2 Å². The van der Waals surface area contributed by atoms with Crippen LogP contribution < -0.4 is 11.3 Å². The molecule has 9 heteroatoms. The molecule has 0 aliphatic carbocycles. The van der Waals surface area contributed by atoms with E-state index in [2.05, 4.69) is 9.88 Å². The topological polar surface area (TPSA) is 111 Å². The smallest absolute Gasteiger partial charge is 0.296 e. The third kappa shape index (κ3) is 3.16. The molecule has 3 heterocycles. The molecule has 0 saturated carbocycles. The lowest BCUT2D eigenvalue weighted by Crippen LogP contribution is -2.51. The van der Waals surface area contributed by atoms with Gasteiger partial charge in [0.05, 0.1) is 13.2 Å². The molecule has 2 aliphatic heterocycles. The summed E-state index contributed by atoms with van der Waals surface area (Å²) in [5.41, 5.74) is 4.39. The molecule has 1 spiro atoms. The molecular formula is C19H21FN4O4. The fourth-order valence-corrected chi connectivity index (χ4v) is 3.96. The summed E-state index contributed by atoms with van der Waals surface area (Å²) < 4.78 is 20.5. The number of aromatic nitrogens is 2. The van der Waals surface area contributed by atoms with E-state index in [1.165, 1.54) is 16.7 Å². The molecule has 0 radical (unpaired) electrons. The maximum atomic E-state index is 13.1. The summed E-state index contributed by atoms with van der Waals surface area (Å²) in [5.74, 6) is -1.59. The Bertz CT molecular complexity index is 965. The number of carbonyl (C=O) groups is 1. The van der Waals surface area contributed by atoms with Crippen LogP contribution >= 0.6 is 0 Å². The number of rotatable bonds is 3. The maximum Gasteiger partial charge on any atom is 0.296 e. The number of aromatic hydroxyl groups is 1. The molecule has 1 aromatic carbocycles. The van der Waals surface area contributed by atoms with Gasteiger partial charge >= 0.3 is 0 Å². The molecular weight excluding hydrogens is 367 g/mol. The highest BCUT2D eigenvalue weighted by Crippen LogP contribution is 2.38. The Morgan fingerprint density at radius 2 is 1.93 bits per heavy atom. The summed E-state index contributed by atoms with van der Waals surface area (Å²) in [6.07, 6.45) is 1.15. The van der Waals surface area contributed by atoms with Crippen molar-refractivity contribution in [2.24, 2.45) is 5.73 Å². The Labute approximate surface area is 160 Å². The normalized spacial score (nSPS) is 18.8. The minimum Gasteiger partial charge on any atom is -0.501 e. The van der Waals surface area contributed by atoms with E-state index < -0.39 is 28.5 Å². The first-order valence-corrected chi connectivity index (χ1v) is 9.14. The molecule has 1 saturated heterocycles. The molecule has 0 atom stereocenters. The summed E-state index contributed by atoms with van der Waals surface area (Å²) >= 11 is 0. The lowest BCUT2D eigenvalue weighted by molar-refractivity contribution is -0.118. The minimum atomic E-state index is -0.951. The van der Waals surface area contributed by atoms with Crippen LogP contribution in [0.1, 0.15) is 34.7 Å². The number of nitrogens with two attached hydrogens (primary N) is 1. The number of halogens is 1. The molecule has 0 unspecified atom stereocenters. The molecule has 1 amide bonds. The molecule has 148 valence electrons. The van der Waals surface area contributed by atoms with Crippen LogP contribution in [0, 0.1) is 5.82 Å². The van der Waals surface area contributed by atoms with Crippen molar-refractivity contribution in [2.45, 2.75) is 31.5 Å². The van der Waals surface area contributed by atoms with Gasteiger partial charge in [-0.05, 0) is 30.5 Å². The molecule has 4 rings (SSSR count). The second kappa shape index (κ2) is 6.99. The number of ether oxygens (including phenoxy) is 1. The van der Waals surface area contributed by atoms with Crippen molar-refractivity contribution < 1.29 is 19.0 Å². The summed E-state index contributed by atoms with van der Waals surface area (Å²) in [7, 11) is 0. The SMILES string of the molecule is NC(=O)c1nc2n(c(=O)c1O)CCOC21CCN(Cc2ccc(F)cc2)CC1. The fourth-order valence-electron chi connectivity index (χ4n) is 3.96. The number of hydrogen-bond donors (Lipinski definition) is 2. The summed E-state index contributed by atoms with van der Waals surface area (Å²) in [6, 6.07) is 6.40. The van der Waals surface area contributed by atoms with E-state index in [0.717, 1.165) is 5.56 Å². The second-order valence-corrected chi connectivity index (χ2v) is 7.20. The monoisotopic (exact) mass is 388 g/mol. The highest BCUT2D eigenvalue weighted by Gasteiger charge is 2.44. The number of benzene rings is 1.